The van der Waals surface area contributed by atoms with E-state index < -0.39 is 17.1 Å². The Bertz CT molecular complexity index is 1230. The fourth-order valence-corrected chi connectivity index (χ4v) is 4.21. The molecule has 7 heteroatoms. The second kappa shape index (κ2) is 9.92. The Kier molecular flexibility index (Phi) is 6.79. The van der Waals surface area contributed by atoms with E-state index in [4.69, 9.17) is 9.47 Å². The number of esters is 1. The van der Waals surface area contributed by atoms with E-state index in [1.807, 2.05) is 42.5 Å². The Hall–Kier alpha value is -3.58. The average Bonchev–Trinajstić information content (AvgIpc) is 3.05. The van der Waals surface area contributed by atoms with E-state index >= 15 is 0 Å². The van der Waals surface area contributed by atoms with E-state index in [9.17, 15) is 14.4 Å². The van der Waals surface area contributed by atoms with Gasteiger partial charge in [-0.25, -0.2) is 0 Å². The molecular weight excluding hydrogens is 438 g/mol. The highest BCUT2D eigenvalue weighted by atomic mass is 32.2. The van der Waals surface area contributed by atoms with Gasteiger partial charge < -0.3 is 9.47 Å². The van der Waals surface area contributed by atoms with Crippen LogP contribution in [0.5, 0.6) is 5.75 Å². The molecule has 4 rings (SSSR count). The van der Waals surface area contributed by atoms with E-state index in [1.165, 1.54) is 10.8 Å². The van der Waals surface area contributed by atoms with Crippen molar-refractivity contribution in [3.05, 3.63) is 82.8 Å². The normalized spacial score (nSPS) is 15.0. The fraction of sp³-hybridized carbons (Fsp3) is 0.192. The molecule has 0 atom stereocenters. The SMILES string of the molecule is CC(C)OC(=O)CN1C(=O)S/C(=C/c2ccc(OCc3ccc4ccccc4c3)cc2)C1=O. The first-order chi connectivity index (χ1) is 15.9. The van der Waals surface area contributed by atoms with Gasteiger partial charge in [0.15, 0.2) is 0 Å². The molecule has 0 unspecified atom stereocenters. The lowest BCUT2D eigenvalue weighted by molar-refractivity contribution is -0.149. The van der Waals surface area contributed by atoms with Crippen LogP contribution in [0.2, 0.25) is 0 Å². The quantitative estimate of drug-likeness (QED) is 0.346. The molecule has 0 aromatic heterocycles. The minimum atomic E-state index is -0.610. The first-order valence-electron chi connectivity index (χ1n) is 10.5. The summed E-state index contributed by atoms with van der Waals surface area (Å²) in [6.45, 7) is 3.47. The first kappa shape index (κ1) is 22.6. The lowest BCUT2D eigenvalue weighted by Gasteiger charge is -2.13. The highest BCUT2D eigenvalue weighted by Crippen LogP contribution is 2.32. The number of fused-ring (bicyclic) bond motifs is 1. The van der Waals surface area contributed by atoms with Gasteiger partial charge >= 0.3 is 5.97 Å². The minimum absolute atomic E-state index is 0.266. The van der Waals surface area contributed by atoms with Crippen LogP contribution in [0.3, 0.4) is 0 Å². The molecule has 0 bridgehead atoms. The number of carbonyl (C=O) groups is 3. The highest BCUT2D eigenvalue weighted by Gasteiger charge is 2.36. The van der Waals surface area contributed by atoms with Crippen molar-refractivity contribution >= 4 is 45.7 Å². The van der Waals surface area contributed by atoms with Gasteiger partial charge in [0.25, 0.3) is 11.1 Å². The monoisotopic (exact) mass is 461 g/mol. The summed E-state index contributed by atoms with van der Waals surface area (Å²) >= 11 is 0.810. The van der Waals surface area contributed by atoms with E-state index in [0.29, 0.717) is 12.4 Å². The van der Waals surface area contributed by atoms with Crippen molar-refractivity contribution in [1.29, 1.82) is 0 Å². The number of imide groups is 1. The standard InChI is InChI=1S/C26H23NO5S/c1-17(2)32-24(28)15-27-25(29)23(33-26(27)30)14-18-8-11-22(12-9-18)31-16-19-7-10-20-5-3-4-6-21(20)13-19/h3-14,17H,15-16H2,1-2H3/b23-14+. The van der Waals surface area contributed by atoms with Crippen molar-refractivity contribution in [2.24, 2.45) is 0 Å². The highest BCUT2D eigenvalue weighted by molar-refractivity contribution is 8.18. The Morgan fingerprint density at radius 3 is 2.45 bits per heavy atom. The smallest absolute Gasteiger partial charge is 0.326 e. The van der Waals surface area contributed by atoms with E-state index in [-0.39, 0.29) is 17.6 Å². The summed E-state index contributed by atoms with van der Waals surface area (Å²) in [4.78, 5) is 37.7. The van der Waals surface area contributed by atoms with Gasteiger partial charge in [0.2, 0.25) is 0 Å². The van der Waals surface area contributed by atoms with Crippen LogP contribution in [0.15, 0.2) is 71.6 Å². The number of hydrogen-bond acceptors (Lipinski definition) is 6. The van der Waals surface area contributed by atoms with Crippen LogP contribution in [-0.4, -0.2) is 34.7 Å². The summed E-state index contributed by atoms with van der Waals surface area (Å²) in [5.74, 6) is -0.409. The Morgan fingerprint density at radius 2 is 1.73 bits per heavy atom. The third kappa shape index (κ3) is 5.62. The Morgan fingerprint density at radius 1 is 1.00 bits per heavy atom. The minimum Gasteiger partial charge on any atom is -0.489 e. The lowest BCUT2D eigenvalue weighted by Crippen LogP contribution is -2.35. The first-order valence-corrected chi connectivity index (χ1v) is 11.4. The molecule has 33 heavy (non-hydrogen) atoms. The van der Waals surface area contributed by atoms with Crippen LogP contribution >= 0.6 is 11.8 Å². The topological polar surface area (TPSA) is 72.9 Å². The molecule has 1 aliphatic rings. The van der Waals surface area contributed by atoms with Crippen molar-refractivity contribution < 1.29 is 23.9 Å². The number of rotatable bonds is 7. The molecule has 0 saturated carbocycles. The summed E-state index contributed by atoms with van der Waals surface area (Å²) in [5, 5.41) is 1.87. The van der Waals surface area contributed by atoms with Crippen LogP contribution in [0, 0.1) is 0 Å². The molecule has 1 heterocycles. The van der Waals surface area contributed by atoms with Crippen molar-refractivity contribution in [3.8, 4) is 5.75 Å². The molecule has 0 N–H and O–H groups in total. The van der Waals surface area contributed by atoms with Crippen LogP contribution in [0.25, 0.3) is 16.8 Å². The zero-order valence-corrected chi connectivity index (χ0v) is 19.1. The van der Waals surface area contributed by atoms with Gasteiger partial charge in [-0.05, 0) is 71.8 Å². The number of benzene rings is 3. The van der Waals surface area contributed by atoms with Crippen LogP contribution < -0.4 is 4.74 Å². The molecule has 2 amide bonds. The molecule has 6 nitrogen and oxygen atoms in total. The summed E-state index contributed by atoms with van der Waals surface area (Å²) < 4.78 is 10.9. The van der Waals surface area contributed by atoms with Crippen LogP contribution in [0.1, 0.15) is 25.0 Å². The Labute approximate surface area is 196 Å². The number of ether oxygens (including phenoxy) is 2. The third-order valence-corrected chi connectivity index (χ3v) is 5.83. The summed E-state index contributed by atoms with van der Waals surface area (Å²) in [7, 11) is 0. The fourth-order valence-electron chi connectivity index (χ4n) is 3.37. The predicted molar refractivity (Wildman–Crippen MR) is 129 cm³/mol. The van der Waals surface area contributed by atoms with Gasteiger partial charge in [-0.3, -0.25) is 19.3 Å². The maximum Gasteiger partial charge on any atom is 0.326 e. The molecule has 3 aromatic carbocycles. The zero-order valence-electron chi connectivity index (χ0n) is 18.3. The van der Waals surface area contributed by atoms with E-state index in [1.54, 1.807) is 19.9 Å². The molecule has 1 aliphatic heterocycles. The molecule has 0 aliphatic carbocycles. The number of carbonyl (C=O) groups excluding carboxylic acids is 3. The molecule has 1 saturated heterocycles. The number of nitrogens with zero attached hydrogens (tertiary/aromatic N) is 1. The molecule has 0 spiro atoms. The summed E-state index contributed by atoms with van der Waals surface area (Å²) in [5.41, 5.74) is 1.82. The molecule has 0 radical (unpaired) electrons. The van der Waals surface area contributed by atoms with Crippen molar-refractivity contribution in [2.75, 3.05) is 6.54 Å². The Balaban J connectivity index is 1.38. The maximum absolute atomic E-state index is 12.5. The van der Waals surface area contributed by atoms with Crippen molar-refractivity contribution in [2.45, 2.75) is 26.6 Å². The molecule has 1 fully saturated rings. The van der Waals surface area contributed by atoms with E-state index in [0.717, 1.165) is 27.8 Å². The maximum atomic E-state index is 12.5. The molecule has 3 aromatic rings. The molecular formula is C26H23NO5S. The van der Waals surface area contributed by atoms with Crippen LogP contribution in [-0.2, 0) is 20.9 Å². The predicted octanol–water partition coefficient (Wildman–Crippen LogP) is 5.41. The number of amides is 2. The van der Waals surface area contributed by atoms with Gasteiger partial charge in [-0.1, -0.05) is 48.5 Å². The zero-order chi connectivity index (χ0) is 23.4. The summed E-state index contributed by atoms with van der Waals surface area (Å²) in [6.07, 6.45) is 1.32. The molecule has 168 valence electrons. The second-order valence-electron chi connectivity index (χ2n) is 7.85. The van der Waals surface area contributed by atoms with Gasteiger partial charge in [0.1, 0.15) is 18.9 Å². The van der Waals surface area contributed by atoms with Crippen molar-refractivity contribution in [3.63, 3.8) is 0 Å². The van der Waals surface area contributed by atoms with Gasteiger partial charge in [-0.2, -0.15) is 0 Å². The number of hydrogen-bond donors (Lipinski definition) is 0. The second-order valence-corrected chi connectivity index (χ2v) is 8.84. The van der Waals surface area contributed by atoms with Crippen molar-refractivity contribution in [1.82, 2.24) is 4.90 Å². The third-order valence-electron chi connectivity index (χ3n) is 4.93. The average molecular weight is 462 g/mol. The van der Waals surface area contributed by atoms with Crippen LogP contribution in [0.4, 0.5) is 4.79 Å². The summed E-state index contributed by atoms with van der Waals surface area (Å²) in [6, 6.07) is 21.7. The largest absolute Gasteiger partial charge is 0.489 e. The lowest BCUT2D eigenvalue weighted by atomic mass is 10.1. The van der Waals surface area contributed by atoms with Gasteiger partial charge in [0.05, 0.1) is 11.0 Å². The van der Waals surface area contributed by atoms with E-state index in [2.05, 4.69) is 24.3 Å². The number of thioether (sulfide) groups is 1. The van der Waals surface area contributed by atoms with Gasteiger partial charge in [-0.15, -0.1) is 0 Å². The van der Waals surface area contributed by atoms with Gasteiger partial charge in [0, 0.05) is 0 Å².